The Labute approximate surface area is 194 Å². The molecule has 34 heavy (non-hydrogen) atoms. The zero-order valence-electron chi connectivity index (χ0n) is 18.5. The average molecular weight is 464 g/mol. The first-order valence-corrected chi connectivity index (χ1v) is 11.1. The summed E-state index contributed by atoms with van der Waals surface area (Å²) in [6.45, 7) is 1.21. The highest BCUT2D eigenvalue weighted by molar-refractivity contribution is 5.85. The first-order valence-electron chi connectivity index (χ1n) is 11.1. The summed E-state index contributed by atoms with van der Waals surface area (Å²) in [5.74, 6) is -5.02. The molecule has 1 aromatic heterocycles. The number of carbonyl (C=O) groups excluding carboxylic acids is 1. The normalized spacial score (nSPS) is 18.4. The topological polar surface area (TPSA) is 50.2 Å². The van der Waals surface area contributed by atoms with E-state index in [0.717, 1.165) is 27.8 Å². The molecule has 5 nitrogen and oxygen atoms in total. The summed E-state index contributed by atoms with van der Waals surface area (Å²) >= 11 is 0. The van der Waals surface area contributed by atoms with Gasteiger partial charge in [-0.1, -0.05) is 30.3 Å². The van der Waals surface area contributed by atoms with E-state index in [-0.39, 0.29) is 11.9 Å². The maximum atomic E-state index is 13.6. The number of halogens is 3. The predicted octanol–water partition coefficient (Wildman–Crippen LogP) is 5.26. The molecule has 2 atom stereocenters. The molecule has 1 saturated heterocycles. The summed E-state index contributed by atoms with van der Waals surface area (Å²) in [6.07, 6.45) is 2.28. The van der Waals surface area contributed by atoms with Crippen LogP contribution in [0.15, 0.2) is 79.0 Å². The lowest BCUT2D eigenvalue weighted by Crippen LogP contribution is -2.46. The third-order valence-electron chi connectivity index (χ3n) is 6.21. The van der Waals surface area contributed by atoms with Crippen LogP contribution < -0.4 is 10.2 Å². The van der Waals surface area contributed by atoms with E-state index in [1.807, 2.05) is 48.5 Å². The first kappa shape index (κ1) is 22.0. The van der Waals surface area contributed by atoms with E-state index in [9.17, 15) is 18.0 Å². The molecule has 3 aromatic carbocycles. The number of alkyl halides is 2. The lowest BCUT2D eigenvalue weighted by molar-refractivity contribution is -0.143. The van der Waals surface area contributed by atoms with Crippen molar-refractivity contribution in [2.45, 2.75) is 31.4 Å². The molecule has 0 spiro atoms. The van der Waals surface area contributed by atoms with Crippen LogP contribution in [0.2, 0.25) is 0 Å². The summed E-state index contributed by atoms with van der Waals surface area (Å²) in [5, 5.41) is 7.90. The molecule has 1 aliphatic heterocycles. The van der Waals surface area contributed by atoms with Crippen molar-refractivity contribution in [3.05, 3.63) is 90.4 Å². The van der Waals surface area contributed by atoms with Crippen LogP contribution in [0.5, 0.6) is 0 Å². The summed E-state index contributed by atoms with van der Waals surface area (Å²) in [7, 11) is 0. The zero-order chi connectivity index (χ0) is 23.9. The fourth-order valence-corrected chi connectivity index (χ4v) is 4.58. The summed E-state index contributed by atoms with van der Waals surface area (Å²) < 4.78 is 42.3. The van der Waals surface area contributed by atoms with Crippen LogP contribution >= 0.6 is 0 Å². The molecule has 5 rings (SSSR count). The molecule has 1 amide bonds. The largest absolute Gasteiger partial charge is 0.362 e. The standard InChI is InChI=1S/C26H23F3N4O/c1-26(28,29)25(34)31-22-13-14-32(24(22)17-5-3-2-4-6-17)21-11-12-23-18(15-21)16-30-33(23)20-9-7-19(27)8-10-20/h2-12,15-16,22,24H,13-14H2,1H3,(H,31,34)/t22-,24+/m0/s1. The second-order valence-electron chi connectivity index (χ2n) is 8.58. The SMILES string of the molecule is CC(F)(F)C(=O)N[C@H]1CCN(c2ccc3c(cnn3-c3ccc(F)cc3)c2)[C@@H]1c1ccccc1. The number of carbonyl (C=O) groups is 1. The van der Waals surface area contributed by atoms with Crippen LogP contribution in [-0.2, 0) is 4.79 Å². The highest BCUT2D eigenvalue weighted by atomic mass is 19.3. The van der Waals surface area contributed by atoms with E-state index in [4.69, 9.17) is 0 Å². The zero-order valence-corrected chi connectivity index (χ0v) is 18.5. The van der Waals surface area contributed by atoms with Gasteiger partial charge in [-0.3, -0.25) is 4.79 Å². The Bertz CT molecular complexity index is 1320. The molecule has 0 radical (unpaired) electrons. The third kappa shape index (κ3) is 4.11. The number of anilines is 1. The van der Waals surface area contributed by atoms with Crippen molar-refractivity contribution in [3.63, 3.8) is 0 Å². The number of benzene rings is 3. The van der Waals surface area contributed by atoms with Crippen LogP contribution in [0.25, 0.3) is 16.6 Å². The lowest BCUT2D eigenvalue weighted by atomic mass is 9.99. The number of fused-ring (bicyclic) bond motifs is 1. The molecule has 0 saturated carbocycles. The Morgan fingerprint density at radius 2 is 1.74 bits per heavy atom. The van der Waals surface area contributed by atoms with Crippen LogP contribution in [0.1, 0.15) is 24.9 Å². The second-order valence-corrected chi connectivity index (χ2v) is 8.58. The van der Waals surface area contributed by atoms with Gasteiger partial charge in [0.25, 0.3) is 5.91 Å². The van der Waals surface area contributed by atoms with E-state index >= 15 is 0 Å². The molecule has 174 valence electrons. The molecule has 8 heteroatoms. The molecule has 4 aromatic rings. The van der Waals surface area contributed by atoms with Crippen LogP contribution in [-0.4, -0.2) is 34.2 Å². The fraction of sp³-hybridized carbons (Fsp3) is 0.231. The molecule has 0 aliphatic carbocycles. The maximum Gasteiger partial charge on any atom is 0.321 e. The number of rotatable bonds is 5. The van der Waals surface area contributed by atoms with Gasteiger partial charge in [-0.2, -0.15) is 13.9 Å². The number of amides is 1. The van der Waals surface area contributed by atoms with Gasteiger partial charge in [0, 0.05) is 24.5 Å². The van der Waals surface area contributed by atoms with Crippen molar-refractivity contribution in [1.29, 1.82) is 0 Å². The minimum Gasteiger partial charge on any atom is -0.362 e. The molecule has 1 aliphatic rings. The maximum absolute atomic E-state index is 13.6. The Hall–Kier alpha value is -3.81. The first-order chi connectivity index (χ1) is 16.3. The Morgan fingerprint density at radius 1 is 1.03 bits per heavy atom. The summed E-state index contributed by atoms with van der Waals surface area (Å²) in [5.41, 5.74) is 3.45. The summed E-state index contributed by atoms with van der Waals surface area (Å²) in [6, 6.07) is 20.8. The van der Waals surface area contributed by atoms with Crippen LogP contribution in [0.3, 0.4) is 0 Å². The Morgan fingerprint density at radius 3 is 2.44 bits per heavy atom. The van der Waals surface area contributed by atoms with Gasteiger partial charge in [0.05, 0.1) is 29.5 Å². The van der Waals surface area contributed by atoms with Gasteiger partial charge in [-0.25, -0.2) is 9.07 Å². The van der Waals surface area contributed by atoms with Crippen LogP contribution in [0, 0.1) is 5.82 Å². The van der Waals surface area contributed by atoms with E-state index < -0.39 is 17.9 Å². The number of hydrogen-bond acceptors (Lipinski definition) is 3. The van der Waals surface area contributed by atoms with E-state index in [0.29, 0.717) is 19.9 Å². The smallest absolute Gasteiger partial charge is 0.321 e. The van der Waals surface area contributed by atoms with Gasteiger partial charge in [0.2, 0.25) is 0 Å². The van der Waals surface area contributed by atoms with E-state index in [1.165, 1.54) is 12.1 Å². The van der Waals surface area contributed by atoms with Gasteiger partial charge in [-0.15, -0.1) is 0 Å². The quantitative estimate of drug-likeness (QED) is 0.439. The van der Waals surface area contributed by atoms with Crippen molar-refractivity contribution < 1.29 is 18.0 Å². The average Bonchev–Trinajstić information content (AvgIpc) is 3.43. The third-order valence-corrected chi connectivity index (χ3v) is 6.21. The fourth-order valence-electron chi connectivity index (χ4n) is 4.58. The van der Waals surface area contributed by atoms with Gasteiger partial charge in [0.1, 0.15) is 5.82 Å². The minimum atomic E-state index is -3.44. The van der Waals surface area contributed by atoms with Gasteiger partial charge < -0.3 is 10.2 Å². The Kier molecular flexibility index (Phi) is 5.51. The van der Waals surface area contributed by atoms with Gasteiger partial charge in [0.15, 0.2) is 0 Å². The molecule has 1 fully saturated rings. The number of aromatic nitrogens is 2. The number of nitrogens with one attached hydrogen (secondary N) is 1. The van der Waals surface area contributed by atoms with E-state index in [1.54, 1.807) is 23.0 Å². The molecule has 2 heterocycles. The molecular weight excluding hydrogens is 441 g/mol. The highest BCUT2D eigenvalue weighted by Crippen LogP contribution is 2.38. The number of nitrogens with zero attached hydrogens (tertiary/aromatic N) is 3. The highest BCUT2D eigenvalue weighted by Gasteiger charge is 2.40. The van der Waals surface area contributed by atoms with Gasteiger partial charge in [-0.05, 0) is 54.4 Å². The molecule has 0 bridgehead atoms. The van der Waals surface area contributed by atoms with Crippen molar-refractivity contribution in [3.8, 4) is 5.69 Å². The molecular formula is C26H23F3N4O. The van der Waals surface area contributed by atoms with Crippen molar-refractivity contribution in [2.24, 2.45) is 0 Å². The van der Waals surface area contributed by atoms with Crippen molar-refractivity contribution in [1.82, 2.24) is 15.1 Å². The molecule has 1 N–H and O–H groups in total. The lowest BCUT2D eigenvalue weighted by Gasteiger charge is -2.31. The monoisotopic (exact) mass is 464 g/mol. The number of hydrogen-bond donors (Lipinski definition) is 1. The summed E-state index contributed by atoms with van der Waals surface area (Å²) in [4.78, 5) is 14.2. The minimum absolute atomic E-state index is 0.294. The van der Waals surface area contributed by atoms with E-state index in [2.05, 4.69) is 15.3 Å². The Balaban J connectivity index is 1.49. The molecule has 0 unspecified atom stereocenters. The van der Waals surface area contributed by atoms with Crippen molar-refractivity contribution >= 4 is 22.5 Å². The van der Waals surface area contributed by atoms with Gasteiger partial charge >= 0.3 is 5.92 Å². The second kappa shape index (κ2) is 8.52. The van der Waals surface area contributed by atoms with Crippen LogP contribution in [0.4, 0.5) is 18.9 Å². The van der Waals surface area contributed by atoms with Crippen molar-refractivity contribution in [2.75, 3.05) is 11.4 Å². The predicted molar refractivity (Wildman–Crippen MR) is 125 cm³/mol.